The second-order valence-corrected chi connectivity index (χ2v) is 10.7. The Kier molecular flexibility index (Phi) is 5.88. The number of carbonyl (C=O) groups excluding carboxylic acids is 1. The van der Waals surface area contributed by atoms with E-state index in [1.54, 1.807) is 23.5 Å². The first-order chi connectivity index (χ1) is 15.0. The van der Waals surface area contributed by atoms with E-state index in [9.17, 15) is 9.18 Å². The van der Waals surface area contributed by atoms with E-state index in [-0.39, 0.29) is 17.3 Å². The van der Waals surface area contributed by atoms with Gasteiger partial charge in [0.15, 0.2) is 0 Å². The minimum Gasteiger partial charge on any atom is -0.375 e. The number of halogens is 1. The third kappa shape index (κ3) is 4.71. The molecular weight excluding hydrogens is 411 g/mol. The molecule has 1 unspecified atom stereocenters. The Hall–Kier alpha value is -1.76. The highest BCUT2D eigenvalue weighted by Crippen LogP contribution is 2.41. The van der Waals surface area contributed by atoms with Gasteiger partial charge in [-0.15, -0.1) is 11.3 Å². The summed E-state index contributed by atoms with van der Waals surface area (Å²) >= 11 is 1.58. The van der Waals surface area contributed by atoms with E-state index in [0.717, 1.165) is 56.8 Å². The molecular formula is C25H31FN2O2S. The molecule has 4 nitrogen and oxygen atoms in total. The molecule has 1 saturated carbocycles. The van der Waals surface area contributed by atoms with Crippen molar-refractivity contribution < 1.29 is 13.9 Å². The number of ether oxygens (including phenoxy) is 1. The molecule has 3 heterocycles. The van der Waals surface area contributed by atoms with Gasteiger partial charge in [-0.25, -0.2) is 4.39 Å². The highest BCUT2D eigenvalue weighted by molar-refractivity contribution is 7.13. The van der Waals surface area contributed by atoms with E-state index in [1.165, 1.54) is 23.3 Å². The number of thiophene rings is 1. The first-order valence-corrected chi connectivity index (χ1v) is 12.3. The molecule has 31 heavy (non-hydrogen) atoms. The zero-order valence-electron chi connectivity index (χ0n) is 18.2. The lowest BCUT2D eigenvalue weighted by atomic mass is 9.81. The van der Waals surface area contributed by atoms with Crippen LogP contribution in [0.2, 0.25) is 0 Å². The number of likely N-dealkylation sites (tertiary alicyclic amines) is 1. The molecule has 0 radical (unpaired) electrons. The van der Waals surface area contributed by atoms with Crippen molar-refractivity contribution in [2.75, 3.05) is 19.7 Å². The van der Waals surface area contributed by atoms with Crippen molar-refractivity contribution in [2.45, 2.75) is 69.7 Å². The lowest BCUT2D eigenvalue weighted by Gasteiger charge is -2.48. The Morgan fingerprint density at radius 2 is 1.87 bits per heavy atom. The van der Waals surface area contributed by atoms with Gasteiger partial charge in [0.1, 0.15) is 5.82 Å². The molecule has 3 aliphatic rings. The largest absolute Gasteiger partial charge is 0.375 e. The standard InChI is InChI=1S/C25H31FN2O2S/c1-18-2-9-23(31-18)24(29)27-13-11-25(12-14-27)16-22(10-15-30-25)28(21-7-8-21)17-19-3-5-20(26)6-4-19/h2-6,9,21-22H,7-8,10-17H2,1H3. The van der Waals surface area contributed by atoms with Crippen LogP contribution in [0.4, 0.5) is 4.39 Å². The number of aryl methyl sites for hydroxylation is 1. The van der Waals surface area contributed by atoms with Crippen molar-refractivity contribution in [1.82, 2.24) is 9.80 Å². The average Bonchev–Trinajstić information content (AvgIpc) is 3.53. The fraction of sp³-hybridized carbons (Fsp3) is 0.560. The molecule has 1 aromatic heterocycles. The molecule has 2 aromatic rings. The Labute approximate surface area is 188 Å². The average molecular weight is 443 g/mol. The lowest BCUT2D eigenvalue weighted by molar-refractivity contribution is -0.131. The smallest absolute Gasteiger partial charge is 0.263 e. The molecule has 1 aliphatic carbocycles. The van der Waals surface area contributed by atoms with Gasteiger partial charge in [-0.2, -0.15) is 0 Å². The number of benzene rings is 1. The topological polar surface area (TPSA) is 32.8 Å². The van der Waals surface area contributed by atoms with Gasteiger partial charge in [0.2, 0.25) is 0 Å². The summed E-state index contributed by atoms with van der Waals surface area (Å²) in [5.74, 6) is -0.0121. The lowest BCUT2D eigenvalue weighted by Crippen LogP contribution is -2.54. The van der Waals surface area contributed by atoms with Crippen LogP contribution in [-0.4, -0.2) is 53.1 Å². The Bertz CT molecular complexity index is 916. The Balaban J connectivity index is 1.23. The summed E-state index contributed by atoms with van der Waals surface area (Å²) in [5, 5.41) is 0. The molecule has 1 amide bonds. The van der Waals surface area contributed by atoms with Crippen LogP contribution in [0.5, 0.6) is 0 Å². The fourth-order valence-corrected chi connectivity index (χ4v) is 6.05. The number of amides is 1. The van der Waals surface area contributed by atoms with Crippen LogP contribution in [-0.2, 0) is 11.3 Å². The monoisotopic (exact) mass is 442 g/mol. The molecule has 0 N–H and O–H groups in total. The van der Waals surface area contributed by atoms with Gasteiger partial charge in [-0.05, 0) is 75.3 Å². The highest BCUT2D eigenvalue weighted by Gasteiger charge is 2.45. The molecule has 5 rings (SSSR count). The van der Waals surface area contributed by atoms with E-state index in [1.807, 2.05) is 36.1 Å². The summed E-state index contributed by atoms with van der Waals surface area (Å²) in [7, 11) is 0. The molecule has 6 heteroatoms. The molecule has 1 atom stereocenters. The second kappa shape index (κ2) is 8.64. The quantitative estimate of drug-likeness (QED) is 0.652. The summed E-state index contributed by atoms with van der Waals surface area (Å²) in [5.41, 5.74) is 1.07. The van der Waals surface area contributed by atoms with Crippen LogP contribution >= 0.6 is 11.3 Å². The van der Waals surface area contributed by atoms with E-state index in [0.29, 0.717) is 12.1 Å². The summed E-state index contributed by atoms with van der Waals surface area (Å²) in [6, 6.07) is 12.1. The molecule has 2 saturated heterocycles. The number of hydrogen-bond donors (Lipinski definition) is 0. The first-order valence-electron chi connectivity index (χ1n) is 11.5. The van der Waals surface area contributed by atoms with Gasteiger partial charge in [0, 0.05) is 43.2 Å². The van der Waals surface area contributed by atoms with E-state index in [2.05, 4.69) is 4.90 Å². The molecule has 1 aromatic carbocycles. The van der Waals surface area contributed by atoms with Crippen molar-refractivity contribution in [3.63, 3.8) is 0 Å². The van der Waals surface area contributed by atoms with Gasteiger partial charge in [0.25, 0.3) is 5.91 Å². The molecule has 166 valence electrons. The fourth-order valence-electron chi connectivity index (χ4n) is 5.22. The van der Waals surface area contributed by atoms with Gasteiger partial charge in [-0.3, -0.25) is 9.69 Å². The number of piperidine rings is 1. The van der Waals surface area contributed by atoms with Crippen LogP contribution in [0, 0.1) is 12.7 Å². The predicted octanol–water partition coefficient (Wildman–Crippen LogP) is 5.01. The number of hydrogen-bond acceptors (Lipinski definition) is 4. The number of nitrogens with zero attached hydrogens (tertiary/aromatic N) is 2. The molecule has 0 bridgehead atoms. The molecule has 3 fully saturated rings. The Morgan fingerprint density at radius 1 is 1.13 bits per heavy atom. The second-order valence-electron chi connectivity index (χ2n) is 9.41. The summed E-state index contributed by atoms with van der Waals surface area (Å²) in [6.45, 7) is 5.25. The van der Waals surface area contributed by atoms with Gasteiger partial charge in [0.05, 0.1) is 10.5 Å². The van der Waals surface area contributed by atoms with E-state index >= 15 is 0 Å². The minimum absolute atomic E-state index is 0.110. The SMILES string of the molecule is Cc1ccc(C(=O)N2CCC3(CC2)CC(N(Cc2ccc(F)cc2)C2CC2)CCO3)s1. The third-order valence-electron chi connectivity index (χ3n) is 7.14. The maximum absolute atomic E-state index is 13.3. The normalized spacial score (nSPS) is 23.5. The minimum atomic E-state index is -0.175. The van der Waals surface area contributed by atoms with Crippen LogP contribution in [0.15, 0.2) is 36.4 Å². The van der Waals surface area contributed by atoms with Gasteiger partial charge >= 0.3 is 0 Å². The van der Waals surface area contributed by atoms with Crippen molar-refractivity contribution in [2.24, 2.45) is 0 Å². The van der Waals surface area contributed by atoms with E-state index < -0.39 is 0 Å². The summed E-state index contributed by atoms with van der Waals surface area (Å²) in [4.78, 5) is 19.5. The van der Waals surface area contributed by atoms with Crippen molar-refractivity contribution >= 4 is 17.2 Å². The zero-order chi connectivity index (χ0) is 21.4. The van der Waals surface area contributed by atoms with Crippen molar-refractivity contribution in [3.05, 3.63) is 57.5 Å². The highest BCUT2D eigenvalue weighted by atomic mass is 32.1. The van der Waals surface area contributed by atoms with Crippen LogP contribution in [0.25, 0.3) is 0 Å². The number of carbonyl (C=O) groups is 1. The predicted molar refractivity (Wildman–Crippen MR) is 121 cm³/mol. The maximum atomic E-state index is 13.3. The summed E-state index contributed by atoms with van der Waals surface area (Å²) in [6.07, 6.45) is 6.42. The summed E-state index contributed by atoms with van der Waals surface area (Å²) < 4.78 is 19.7. The number of rotatable bonds is 5. The first kappa shape index (κ1) is 21.1. The van der Waals surface area contributed by atoms with Crippen LogP contribution < -0.4 is 0 Å². The maximum Gasteiger partial charge on any atom is 0.263 e. The zero-order valence-corrected chi connectivity index (χ0v) is 19.0. The Morgan fingerprint density at radius 3 is 2.52 bits per heavy atom. The van der Waals surface area contributed by atoms with Crippen LogP contribution in [0.1, 0.15) is 58.6 Å². The van der Waals surface area contributed by atoms with Crippen molar-refractivity contribution in [1.29, 1.82) is 0 Å². The van der Waals surface area contributed by atoms with Crippen molar-refractivity contribution in [3.8, 4) is 0 Å². The van der Waals surface area contributed by atoms with Gasteiger partial charge < -0.3 is 9.64 Å². The third-order valence-corrected chi connectivity index (χ3v) is 8.13. The van der Waals surface area contributed by atoms with Crippen LogP contribution in [0.3, 0.4) is 0 Å². The van der Waals surface area contributed by atoms with Gasteiger partial charge in [-0.1, -0.05) is 12.1 Å². The van der Waals surface area contributed by atoms with E-state index in [4.69, 9.17) is 4.74 Å². The molecule has 1 spiro atoms. The molecule has 2 aliphatic heterocycles.